The number of hydrogen-bond donors (Lipinski definition) is 3. The van der Waals surface area contributed by atoms with E-state index in [0.29, 0.717) is 12.2 Å². The van der Waals surface area contributed by atoms with Gasteiger partial charge in [-0.1, -0.05) is 6.92 Å². The van der Waals surface area contributed by atoms with Gasteiger partial charge in [0.25, 0.3) is 0 Å². The Bertz CT molecular complexity index is 423. The van der Waals surface area contributed by atoms with Crippen LogP contribution in [0.4, 0.5) is 0 Å². The largest absolute Gasteiger partial charge is 0.370 e. The molecule has 4 N–H and O–H groups in total. The smallest absolute Gasteiger partial charge is 0.186 e. The van der Waals surface area contributed by atoms with E-state index in [0.717, 1.165) is 23.5 Å². The van der Waals surface area contributed by atoms with Crippen LogP contribution in [0.25, 0.3) is 0 Å². The average Bonchev–Trinajstić information content (AvgIpc) is 2.76. The molecule has 0 amide bonds. The van der Waals surface area contributed by atoms with Crippen molar-refractivity contribution in [1.82, 2.24) is 10.3 Å². The predicted octanol–water partition coefficient (Wildman–Crippen LogP) is 2.22. The van der Waals surface area contributed by atoms with E-state index in [9.17, 15) is 0 Å². The number of aromatic nitrogens is 1. The zero-order valence-electron chi connectivity index (χ0n) is 10.3. The van der Waals surface area contributed by atoms with Gasteiger partial charge in [-0.3, -0.25) is 5.41 Å². The highest BCUT2D eigenvalue weighted by molar-refractivity contribution is 7.99. The molecule has 1 aromatic rings. The number of nitrogens with one attached hydrogen (secondary N) is 2. The fourth-order valence-corrected chi connectivity index (χ4v) is 3.30. The maximum Gasteiger partial charge on any atom is 0.186 e. The van der Waals surface area contributed by atoms with Crippen molar-refractivity contribution in [2.75, 3.05) is 5.75 Å². The maximum atomic E-state index is 8.54. The van der Waals surface area contributed by atoms with Crippen molar-refractivity contribution in [2.24, 2.45) is 5.73 Å². The first-order valence-corrected chi connectivity index (χ1v) is 7.63. The molecule has 0 radical (unpaired) electrons. The number of hydrogen-bond acceptors (Lipinski definition) is 5. The summed E-state index contributed by atoms with van der Waals surface area (Å²) < 4.78 is 0. The average molecular weight is 283 g/mol. The van der Waals surface area contributed by atoms with Crippen molar-refractivity contribution < 1.29 is 0 Å². The van der Waals surface area contributed by atoms with Gasteiger partial charge in [-0.05, 0) is 12.8 Å². The number of thioether (sulfide) groups is 1. The molecule has 1 rings (SSSR count). The Kier molecular flexibility index (Phi) is 6.54. The number of aryl methyl sites for hydroxylation is 1. The van der Waals surface area contributed by atoms with E-state index in [1.807, 2.05) is 5.38 Å². The van der Waals surface area contributed by atoms with Crippen LogP contribution in [0.3, 0.4) is 0 Å². The highest BCUT2D eigenvalue weighted by Gasteiger charge is 2.15. The third kappa shape index (κ3) is 4.94. The van der Waals surface area contributed by atoms with Gasteiger partial charge >= 0.3 is 0 Å². The molecule has 0 bridgehead atoms. The number of nitrogens with two attached hydrogens (primary N) is 1. The van der Waals surface area contributed by atoms with Crippen LogP contribution in [0.5, 0.6) is 0 Å². The second-order valence-electron chi connectivity index (χ2n) is 3.63. The lowest BCUT2D eigenvalue weighted by Gasteiger charge is -2.15. The quantitative estimate of drug-likeness (QED) is 0.308. The summed E-state index contributed by atoms with van der Waals surface area (Å²) >= 11 is 3.18. The van der Waals surface area contributed by atoms with Crippen molar-refractivity contribution in [3.63, 3.8) is 0 Å². The molecule has 0 aliphatic rings. The fourth-order valence-electron chi connectivity index (χ4n) is 1.34. The first-order valence-electron chi connectivity index (χ1n) is 5.70. The van der Waals surface area contributed by atoms with Crippen molar-refractivity contribution >= 4 is 29.1 Å². The zero-order chi connectivity index (χ0) is 13.4. The normalized spacial score (nSPS) is 11.8. The van der Waals surface area contributed by atoms with Crippen LogP contribution in [0.1, 0.15) is 35.8 Å². The number of nitrogens with zero attached hydrogens (tertiary/aromatic N) is 2. The third-order valence-electron chi connectivity index (χ3n) is 2.09. The molecule has 7 heteroatoms. The van der Waals surface area contributed by atoms with Crippen molar-refractivity contribution in [2.45, 2.75) is 31.6 Å². The second kappa shape index (κ2) is 7.95. The van der Waals surface area contributed by atoms with Crippen molar-refractivity contribution in [3.05, 3.63) is 16.1 Å². The summed E-state index contributed by atoms with van der Waals surface area (Å²) in [6, 6.07) is 2.10. The van der Waals surface area contributed by atoms with Gasteiger partial charge in [-0.15, -0.1) is 23.1 Å². The number of guanidine groups is 1. The molecule has 0 fully saturated rings. The summed E-state index contributed by atoms with van der Waals surface area (Å²) in [6.45, 7) is 2.12. The fraction of sp³-hybridized carbons (Fsp3) is 0.545. The van der Waals surface area contributed by atoms with Gasteiger partial charge in [0.05, 0.1) is 16.8 Å². The number of nitriles is 1. The van der Waals surface area contributed by atoms with Crippen LogP contribution in [-0.2, 0) is 6.42 Å². The monoisotopic (exact) mass is 283 g/mol. The van der Waals surface area contributed by atoms with Crippen LogP contribution in [0.15, 0.2) is 5.38 Å². The van der Waals surface area contributed by atoms with Crippen LogP contribution < -0.4 is 11.1 Å². The van der Waals surface area contributed by atoms with Gasteiger partial charge in [-0.25, -0.2) is 4.98 Å². The Morgan fingerprint density at radius 3 is 3.17 bits per heavy atom. The van der Waals surface area contributed by atoms with Crippen molar-refractivity contribution in [1.29, 1.82) is 10.7 Å². The van der Waals surface area contributed by atoms with E-state index < -0.39 is 0 Å². The molecular weight excluding hydrogens is 266 g/mol. The number of thiazole rings is 1. The van der Waals surface area contributed by atoms with Gasteiger partial charge in [0, 0.05) is 17.6 Å². The second-order valence-corrected chi connectivity index (χ2v) is 5.79. The molecule has 1 heterocycles. The molecular formula is C11H17N5S2. The lowest BCUT2D eigenvalue weighted by Crippen LogP contribution is -2.32. The molecule has 0 saturated carbocycles. The molecule has 98 valence electrons. The molecule has 1 aromatic heterocycles. The summed E-state index contributed by atoms with van der Waals surface area (Å²) in [4.78, 5) is 4.53. The molecule has 0 spiro atoms. The Morgan fingerprint density at radius 2 is 2.56 bits per heavy atom. The van der Waals surface area contributed by atoms with E-state index in [2.05, 4.69) is 23.3 Å². The van der Waals surface area contributed by atoms with E-state index in [4.69, 9.17) is 16.4 Å². The zero-order valence-corrected chi connectivity index (χ0v) is 11.9. The standard InChI is InChI=1S/C11H17N5S2/c1-2-4-9-15-8(7-18-9)10(16-11(13)14)17-6-3-5-12/h7,10H,2-4,6H2,1H3,(H4,13,14,16). The highest BCUT2D eigenvalue weighted by Crippen LogP contribution is 2.27. The molecule has 1 atom stereocenters. The molecule has 5 nitrogen and oxygen atoms in total. The SMILES string of the molecule is CCCc1nc(C(NC(=N)N)SCCC#N)cs1. The number of rotatable bonds is 7. The highest BCUT2D eigenvalue weighted by atomic mass is 32.2. The van der Waals surface area contributed by atoms with Crippen LogP contribution in [0.2, 0.25) is 0 Å². The van der Waals surface area contributed by atoms with Gasteiger partial charge in [0.15, 0.2) is 5.96 Å². The van der Waals surface area contributed by atoms with Gasteiger partial charge in [0.1, 0.15) is 5.37 Å². The molecule has 0 aliphatic carbocycles. The van der Waals surface area contributed by atoms with E-state index in [-0.39, 0.29) is 11.3 Å². The Balaban J connectivity index is 2.67. The minimum atomic E-state index is -0.141. The minimum absolute atomic E-state index is 0.0745. The molecule has 1 unspecified atom stereocenters. The summed E-state index contributed by atoms with van der Waals surface area (Å²) in [6.07, 6.45) is 2.52. The minimum Gasteiger partial charge on any atom is -0.370 e. The summed E-state index contributed by atoms with van der Waals surface area (Å²) in [7, 11) is 0. The Labute approximate surface area is 115 Å². The van der Waals surface area contributed by atoms with E-state index in [1.165, 1.54) is 0 Å². The summed E-state index contributed by atoms with van der Waals surface area (Å²) in [5, 5.41) is 21.7. The molecule has 0 saturated heterocycles. The first-order chi connectivity index (χ1) is 8.67. The molecule has 0 aromatic carbocycles. The Morgan fingerprint density at radius 1 is 1.78 bits per heavy atom. The van der Waals surface area contributed by atoms with Crippen molar-refractivity contribution in [3.8, 4) is 6.07 Å². The molecule has 0 aliphatic heterocycles. The predicted molar refractivity (Wildman–Crippen MR) is 76.6 cm³/mol. The maximum absolute atomic E-state index is 8.54. The van der Waals surface area contributed by atoms with Gasteiger partial charge in [0.2, 0.25) is 0 Å². The van der Waals surface area contributed by atoms with E-state index in [1.54, 1.807) is 23.1 Å². The van der Waals surface area contributed by atoms with Gasteiger partial charge in [-0.2, -0.15) is 5.26 Å². The topological polar surface area (TPSA) is 98.6 Å². The summed E-state index contributed by atoms with van der Waals surface area (Å²) in [5.74, 6) is 0.622. The van der Waals surface area contributed by atoms with Crippen LogP contribution >= 0.6 is 23.1 Å². The first kappa shape index (κ1) is 14.8. The van der Waals surface area contributed by atoms with E-state index >= 15 is 0 Å². The lowest BCUT2D eigenvalue weighted by atomic mass is 10.3. The van der Waals surface area contributed by atoms with Gasteiger partial charge < -0.3 is 11.1 Å². The van der Waals surface area contributed by atoms with Crippen LogP contribution in [0, 0.1) is 16.7 Å². The lowest BCUT2D eigenvalue weighted by molar-refractivity contribution is 0.823. The van der Waals surface area contributed by atoms with Crippen LogP contribution in [-0.4, -0.2) is 16.7 Å². The Hall–Kier alpha value is -1.26. The molecule has 18 heavy (non-hydrogen) atoms. The summed E-state index contributed by atoms with van der Waals surface area (Å²) in [5.41, 5.74) is 6.26. The third-order valence-corrected chi connectivity index (χ3v) is 4.15.